The highest BCUT2D eigenvalue weighted by Crippen LogP contribution is 2.53. The summed E-state index contributed by atoms with van der Waals surface area (Å²) in [6.07, 6.45) is -1.47. The average Bonchev–Trinajstić information content (AvgIpc) is 0.743. The summed E-state index contributed by atoms with van der Waals surface area (Å²) in [6.45, 7) is 28.7. The van der Waals surface area contributed by atoms with E-state index >= 15 is 19.2 Å². The fourth-order valence-electron chi connectivity index (χ4n) is 15.7. The van der Waals surface area contributed by atoms with Crippen molar-refractivity contribution in [2.24, 2.45) is 47.3 Å². The van der Waals surface area contributed by atoms with Crippen LogP contribution in [0.3, 0.4) is 0 Å². The lowest BCUT2D eigenvalue weighted by Crippen LogP contribution is -2.54. The maximum atomic E-state index is 15.9. The summed E-state index contributed by atoms with van der Waals surface area (Å²) in [5.41, 5.74) is 1.72. The first-order valence-corrected chi connectivity index (χ1v) is 42.2. The van der Waals surface area contributed by atoms with Gasteiger partial charge in [-0.25, -0.2) is 19.2 Å². The van der Waals surface area contributed by atoms with Crippen LogP contribution in [0.1, 0.15) is 230 Å². The second-order valence-corrected chi connectivity index (χ2v) is 34.4. The van der Waals surface area contributed by atoms with E-state index in [4.69, 9.17) is 56.8 Å². The van der Waals surface area contributed by atoms with Crippen molar-refractivity contribution in [3.05, 3.63) is 93.0 Å². The molecular formula is C92H136N8O24. The molecular weight excluding hydrogens is 1600 g/mol. The van der Waals surface area contributed by atoms with Crippen LogP contribution in [-0.4, -0.2) is 205 Å². The SMILES string of the molecule is COC(=O)[C@@H](CC(C)C)NC(=O)[C@H](NC(=O)CC1c2cc(c(OC)cc2OC)C(CC(=O)N[C@@H](C(=O)N[C@H](CC(C)C)C(=O)OC)C(C)C)c2cc(c(OC)cc2OC)C(CC(=O)N[C@@H](C(=O)N[C@H](CC(C)C)C(=O)OC)C(C)C)c2cc(c(OC)cc2OC)C(CC(=O)N[C@@H](C(=O)N[C@H](CC(C)C)C(=O)OC)C(C)C)c2cc1c(OC)cc2OC)C(C)C. The molecule has 8 atom stereocenters. The molecule has 124 heavy (non-hydrogen) atoms. The van der Waals surface area contributed by atoms with Crippen LogP contribution in [0.2, 0.25) is 0 Å². The second kappa shape index (κ2) is 48.3. The summed E-state index contributed by atoms with van der Waals surface area (Å²) in [7, 11) is 16.0. The highest BCUT2D eigenvalue weighted by atomic mass is 16.5. The molecule has 0 aliphatic heterocycles. The summed E-state index contributed by atoms with van der Waals surface area (Å²) < 4.78 is 71.8. The van der Waals surface area contributed by atoms with Gasteiger partial charge >= 0.3 is 23.9 Å². The topological polar surface area (TPSA) is 412 Å². The van der Waals surface area contributed by atoms with Crippen LogP contribution < -0.4 is 80.4 Å². The van der Waals surface area contributed by atoms with Crippen LogP contribution in [0.4, 0.5) is 0 Å². The fourth-order valence-corrected chi connectivity index (χ4v) is 15.7. The van der Waals surface area contributed by atoms with Crippen molar-refractivity contribution in [2.45, 2.75) is 234 Å². The Bertz CT molecular complexity index is 3720. The van der Waals surface area contributed by atoms with Gasteiger partial charge in [0, 0.05) is 118 Å². The number of fused-ring (bicyclic) bond motifs is 8. The molecule has 8 N–H and O–H groups in total. The molecule has 0 aromatic heterocycles. The Labute approximate surface area is 730 Å². The zero-order chi connectivity index (χ0) is 93.2. The third kappa shape index (κ3) is 27.5. The fraction of sp³-hybridized carbons (Fsp3) is 0.609. The predicted molar refractivity (Wildman–Crippen MR) is 465 cm³/mol. The van der Waals surface area contributed by atoms with Gasteiger partial charge in [-0.2, -0.15) is 0 Å². The number of rotatable bonds is 44. The molecule has 32 nitrogen and oxygen atoms in total. The first-order chi connectivity index (χ1) is 58.5. The maximum Gasteiger partial charge on any atom is 0.328 e. The van der Waals surface area contributed by atoms with E-state index in [-0.39, 0.29) is 140 Å². The minimum Gasteiger partial charge on any atom is -0.496 e. The van der Waals surface area contributed by atoms with E-state index in [0.717, 1.165) is 0 Å². The molecule has 32 heteroatoms. The van der Waals surface area contributed by atoms with E-state index in [1.165, 1.54) is 85.3 Å². The van der Waals surface area contributed by atoms with Gasteiger partial charge in [-0.3, -0.25) is 38.4 Å². The van der Waals surface area contributed by atoms with Gasteiger partial charge in [-0.05, 0) is 97.3 Å². The van der Waals surface area contributed by atoms with Crippen molar-refractivity contribution in [2.75, 3.05) is 85.3 Å². The third-order valence-electron chi connectivity index (χ3n) is 22.0. The minimum atomic E-state index is -1.30. The van der Waals surface area contributed by atoms with Crippen LogP contribution in [0.25, 0.3) is 0 Å². The first-order valence-electron chi connectivity index (χ1n) is 42.2. The Morgan fingerprint density at radius 2 is 0.379 bits per heavy atom. The van der Waals surface area contributed by atoms with Gasteiger partial charge in [-0.15, -0.1) is 0 Å². The summed E-state index contributed by atoms with van der Waals surface area (Å²) >= 11 is 0. The molecule has 0 unspecified atom stereocenters. The van der Waals surface area contributed by atoms with E-state index in [1.807, 2.05) is 55.4 Å². The van der Waals surface area contributed by atoms with Crippen molar-refractivity contribution >= 4 is 71.1 Å². The number of carbonyl (C=O) groups is 12. The largest absolute Gasteiger partial charge is 0.496 e. The van der Waals surface area contributed by atoms with Crippen LogP contribution in [0.5, 0.6) is 46.0 Å². The molecule has 0 saturated carbocycles. The normalized spacial score (nSPS) is 16.2. The molecule has 0 heterocycles. The molecule has 5 rings (SSSR count). The van der Waals surface area contributed by atoms with Crippen LogP contribution >= 0.6 is 0 Å². The second-order valence-electron chi connectivity index (χ2n) is 34.4. The number of methoxy groups -OCH3 is 12. The molecule has 688 valence electrons. The predicted octanol–water partition coefficient (Wildman–Crippen LogP) is 9.54. The molecule has 8 bridgehead atoms. The molecule has 0 radical (unpaired) electrons. The number of nitrogens with one attached hydrogen (secondary N) is 8. The van der Waals surface area contributed by atoms with Gasteiger partial charge in [0.15, 0.2) is 0 Å². The Morgan fingerprint density at radius 1 is 0.234 bits per heavy atom. The van der Waals surface area contributed by atoms with E-state index in [2.05, 4.69) is 42.5 Å². The smallest absolute Gasteiger partial charge is 0.328 e. The van der Waals surface area contributed by atoms with Gasteiger partial charge < -0.3 is 99.4 Å². The summed E-state index contributed by atoms with van der Waals surface area (Å²) in [5, 5.41) is 23.2. The van der Waals surface area contributed by atoms with Gasteiger partial charge in [0.25, 0.3) is 0 Å². The van der Waals surface area contributed by atoms with Crippen LogP contribution in [-0.2, 0) is 76.5 Å². The Balaban J connectivity index is 2.16. The Kier molecular flexibility index (Phi) is 40.3. The van der Waals surface area contributed by atoms with Crippen LogP contribution in [0.15, 0.2) is 48.5 Å². The van der Waals surface area contributed by atoms with Gasteiger partial charge in [0.1, 0.15) is 94.3 Å². The van der Waals surface area contributed by atoms with Gasteiger partial charge in [0.05, 0.1) is 85.3 Å². The summed E-state index contributed by atoms with van der Waals surface area (Å²) in [5.74, 6) is -15.8. The molecule has 4 aromatic carbocycles. The highest BCUT2D eigenvalue weighted by Gasteiger charge is 2.42. The van der Waals surface area contributed by atoms with Gasteiger partial charge in [-0.1, -0.05) is 111 Å². The average molecular weight is 1740 g/mol. The number of hydrogen-bond donors (Lipinski definition) is 8. The van der Waals surface area contributed by atoms with Crippen molar-refractivity contribution in [3.63, 3.8) is 0 Å². The monoisotopic (exact) mass is 1740 g/mol. The van der Waals surface area contributed by atoms with Crippen molar-refractivity contribution in [3.8, 4) is 46.0 Å². The minimum absolute atomic E-state index is 0.0839. The van der Waals surface area contributed by atoms with Gasteiger partial charge in [0.2, 0.25) is 47.3 Å². The summed E-state index contributed by atoms with van der Waals surface area (Å²) in [6, 6.07) is 3.42. The van der Waals surface area contributed by atoms with Crippen LogP contribution in [0, 0.1) is 47.3 Å². The quantitative estimate of drug-likeness (QED) is 0.0151. The number of amides is 8. The van der Waals surface area contributed by atoms with E-state index in [1.54, 1.807) is 104 Å². The zero-order valence-electron chi connectivity index (χ0n) is 77.6. The molecule has 0 saturated heterocycles. The Hall–Kier alpha value is -11.1. The molecule has 1 aliphatic rings. The number of carbonyl (C=O) groups excluding carboxylic acids is 12. The van der Waals surface area contributed by atoms with E-state index in [9.17, 15) is 38.4 Å². The molecule has 0 fully saturated rings. The Morgan fingerprint density at radius 3 is 0.492 bits per heavy atom. The van der Waals surface area contributed by atoms with E-state index in [0.29, 0.717) is 0 Å². The number of ether oxygens (including phenoxy) is 12. The zero-order valence-corrected chi connectivity index (χ0v) is 77.6. The highest BCUT2D eigenvalue weighted by molar-refractivity contribution is 5.95. The lowest BCUT2D eigenvalue weighted by Gasteiger charge is -2.32. The molecule has 1 aliphatic carbocycles. The van der Waals surface area contributed by atoms with Crippen molar-refractivity contribution in [1.29, 1.82) is 0 Å². The summed E-state index contributed by atoms with van der Waals surface area (Å²) in [4.78, 5) is 176. The number of benzene rings is 4. The standard InChI is InChI=1S/C92H136N8O24/c1-45(2)29-65(89(109)121-25)93-85(105)81(49(9)10)97-77(101)37-53-57-33-59(71(115-19)41-69(57)113-17)54(38-78(102)98-82(50(11)12)86(106)94-66(30-46(3)4)90(110)122-26)61-35-63(75(119-23)43-73(61)117-21)56(40-80(104)100-84(52(15)16)88(108)96-68(32-48(7)8)92(112)124-28)64-36-62(74(118-22)44-76(64)120-24)55(60-34-58(53)70(114-18)42-72(60)116-20)39-79(103)99-83(51(13)14)87(107)95-67(31-47(5)6)91(111)123-27/h33-36,41-56,65-68,81-84H,29-32,37-40H2,1-28H3,(H,93,105)(H,94,106)(H,95,107)(H,96,108)(H,97,101)(H,98,102)(H,99,103)(H,100,104)/t53?,54?,55?,56?,65-,66-,67-,68-,81-,82-,83-,84-/m1/s1. The number of hydrogen-bond acceptors (Lipinski definition) is 24. The van der Waals surface area contributed by atoms with E-state index < -0.39 is 192 Å². The molecule has 4 aromatic rings. The molecule has 8 amide bonds. The molecule has 0 spiro atoms. The number of esters is 4. The maximum absolute atomic E-state index is 15.9. The van der Waals surface area contributed by atoms with Crippen molar-refractivity contribution in [1.82, 2.24) is 42.5 Å². The third-order valence-corrected chi connectivity index (χ3v) is 22.0. The lowest BCUT2D eigenvalue weighted by atomic mass is 9.77. The first kappa shape index (κ1) is 103. The lowest BCUT2D eigenvalue weighted by molar-refractivity contribution is -0.146. The van der Waals surface area contributed by atoms with Crippen molar-refractivity contribution < 1.29 is 114 Å².